The number of aliphatic hydroxyl groups is 1. The van der Waals surface area contributed by atoms with Gasteiger partial charge in [0, 0.05) is 12.3 Å². The molecule has 0 bridgehead atoms. The molecule has 0 spiro atoms. The first-order valence-corrected chi connectivity index (χ1v) is 11.6. The highest BCUT2D eigenvalue weighted by molar-refractivity contribution is 5.83. The zero-order valence-electron chi connectivity index (χ0n) is 18.6. The van der Waals surface area contributed by atoms with E-state index in [1.807, 2.05) is 0 Å². The molecule has 0 aliphatic heterocycles. The third-order valence-corrected chi connectivity index (χ3v) is 9.80. The molecule has 8 atom stereocenters. The number of methoxy groups -OCH3 is 1. The van der Waals surface area contributed by atoms with E-state index in [9.17, 15) is 14.7 Å². The van der Waals surface area contributed by atoms with Crippen LogP contribution >= 0.6 is 0 Å². The van der Waals surface area contributed by atoms with Gasteiger partial charge in [-0.25, -0.2) is 0 Å². The molecular weight excluding hydrogens is 364 g/mol. The average Bonchev–Trinajstić information content (AvgIpc) is 3.05. The Kier molecular flexibility index (Phi) is 5.46. The van der Waals surface area contributed by atoms with Gasteiger partial charge in [-0.15, -0.1) is 0 Å². The summed E-state index contributed by atoms with van der Waals surface area (Å²) in [7, 11) is 1.44. The molecule has 0 radical (unpaired) electrons. The maximum Gasteiger partial charge on any atom is 0.309 e. The summed E-state index contributed by atoms with van der Waals surface area (Å²) >= 11 is 0. The number of allylic oxidation sites excluding steroid dienone is 1. The summed E-state index contributed by atoms with van der Waals surface area (Å²) in [4.78, 5) is 24.8. The van der Waals surface area contributed by atoms with Crippen LogP contribution < -0.4 is 0 Å². The SMILES string of the molecule is COC(=O)C/C=C(/C)[C@H]1CC[C@H]2[C@@H]3CC(=O)[C@H]4C[C@H](O)CC[C@]4(C)[C@H]3CC[C@]12C. The van der Waals surface area contributed by atoms with E-state index in [-0.39, 0.29) is 28.8 Å². The lowest BCUT2D eigenvalue weighted by Crippen LogP contribution is -2.57. The molecule has 4 heteroatoms. The molecule has 162 valence electrons. The van der Waals surface area contributed by atoms with Crippen molar-refractivity contribution in [1.29, 1.82) is 0 Å². The van der Waals surface area contributed by atoms with Crippen LogP contribution in [0.5, 0.6) is 0 Å². The molecule has 4 nitrogen and oxygen atoms in total. The van der Waals surface area contributed by atoms with Crippen LogP contribution in [0.3, 0.4) is 0 Å². The molecule has 4 aliphatic rings. The third-order valence-electron chi connectivity index (χ3n) is 9.80. The first-order chi connectivity index (χ1) is 13.7. The Balaban J connectivity index is 1.57. The number of aliphatic hydroxyl groups excluding tert-OH is 1. The fraction of sp³-hybridized carbons (Fsp3) is 0.840. The second-order valence-electron chi connectivity index (χ2n) is 10.9. The summed E-state index contributed by atoms with van der Waals surface area (Å²) in [6, 6.07) is 0. The molecular formula is C25H38O4. The number of rotatable bonds is 3. The van der Waals surface area contributed by atoms with Gasteiger partial charge in [-0.2, -0.15) is 0 Å². The van der Waals surface area contributed by atoms with Crippen molar-refractivity contribution < 1.29 is 19.4 Å². The van der Waals surface area contributed by atoms with E-state index in [1.54, 1.807) is 0 Å². The van der Waals surface area contributed by atoms with Crippen LogP contribution in [0.15, 0.2) is 11.6 Å². The van der Waals surface area contributed by atoms with Crippen LogP contribution in [0.25, 0.3) is 0 Å². The molecule has 4 aliphatic carbocycles. The quantitative estimate of drug-likeness (QED) is 0.549. The number of carbonyl (C=O) groups is 2. The number of hydrogen-bond donors (Lipinski definition) is 1. The maximum atomic E-state index is 13.2. The summed E-state index contributed by atoms with van der Waals surface area (Å²) < 4.78 is 4.81. The number of Topliss-reactive ketones (excluding diaryl/α,β-unsaturated/α-hetero) is 1. The van der Waals surface area contributed by atoms with Gasteiger partial charge < -0.3 is 9.84 Å². The number of hydrogen-bond acceptors (Lipinski definition) is 4. The Morgan fingerprint density at radius 2 is 1.83 bits per heavy atom. The Labute approximate surface area is 175 Å². The molecule has 0 unspecified atom stereocenters. The van der Waals surface area contributed by atoms with Gasteiger partial charge in [-0.1, -0.05) is 25.5 Å². The minimum atomic E-state index is -0.291. The van der Waals surface area contributed by atoms with Crippen LogP contribution in [0.1, 0.15) is 78.6 Å². The van der Waals surface area contributed by atoms with Crippen LogP contribution in [0.2, 0.25) is 0 Å². The molecule has 0 saturated heterocycles. The number of esters is 1. The number of ether oxygens (including phenoxy) is 1. The van der Waals surface area contributed by atoms with Crippen molar-refractivity contribution in [2.75, 3.05) is 7.11 Å². The second kappa shape index (κ2) is 7.51. The second-order valence-corrected chi connectivity index (χ2v) is 10.9. The molecule has 0 heterocycles. The van der Waals surface area contributed by atoms with E-state index in [2.05, 4.69) is 26.8 Å². The van der Waals surface area contributed by atoms with Crippen molar-refractivity contribution in [3.8, 4) is 0 Å². The normalized spacial score (nSPS) is 47.2. The monoisotopic (exact) mass is 402 g/mol. The van der Waals surface area contributed by atoms with Crippen molar-refractivity contribution in [2.45, 2.75) is 84.7 Å². The molecule has 0 aromatic rings. The summed E-state index contributed by atoms with van der Waals surface area (Å²) in [5, 5.41) is 10.2. The van der Waals surface area contributed by atoms with Gasteiger partial charge in [0.1, 0.15) is 5.78 Å². The highest BCUT2D eigenvalue weighted by Crippen LogP contribution is 2.67. The molecule has 4 saturated carbocycles. The Hall–Kier alpha value is -1.16. The van der Waals surface area contributed by atoms with E-state index in [0.717, 1.165) is 19.3 Å². The highest BCUT2D eigenvalue weighted by atomic mass is 16.5. The number of fused-ring (bicyclic) bond motifs is 5. The van der Waals surface area contributed by atoms with Crippen molar-refractivity contribution in [1.82, 2.24) is 0 Å². The smallest absolute Gasteiger partial charge is 0.309 e. The standard InChI is InChI=1S/C25H38O4/c1-15(5-8-23(28)29-4)18-6-7-19-17-14-22(27)21-13-16(26)9-11-25(21,3)20(17)10-12-24(18,19)2/h5,16-21,26H,6-14H2,1-4H3/b15-5-/t16-,17+,18-,19+,20+,21-,24-,25-/m1/s1. The average molecular weight is 403 g/mol. The van der Waals surface area contributed by atoms with Crippen molar-refractivity contribution in [2.24, 2.45) is 40.4 Å². The third kappa shape index (κ3) is 3.30. The molecule has 29 heavy (non-hydrogen) atoms. The Bertz CT molecular complexity index is 712. The van der Waals surface area contributed by atoms with Gasteiger partial charge in [0.2, 0.25) is 0 Å². The van der Waals surface area contributed by atoms with Crippen LogP contribution in [0.4, 0.5) is 0 Å². The minimum Gasteiger partial charge on any atom is -0.469 e. The van der Waals surface area contributed by atoms with Crippen molar-refractivity contribution >= 4 is 11.8 Å². The number of ketones is 1. The summed E-state index contributed by atoms with van der Waals surface area (Å²) in [6.07, 6.45) is 10.2. The largest absolute Gasteiger partial charge is 0.469 e. The van der Waals surface area contributed by atoms with Gasteiger partial charge in [0.15, 0.2) is 0 Å². The topological polar surface area (TPSA) is 63.6 Å². The van der Waals surface area contributed by atoms with Gasteiger partial charge in [-0.3, -0.25) is 9.59 Å². The van der Waals surface area contributed by atoms with Crippen LogP contribution in [0, 0.1) is 40.4 Å². The predicted octanol–water partition coefficient (Wildman–Crippen LogP) is 4.69. The van der Waals surface area contributed by atoms with Crippen LogP contribution in [-0.2, 0) is 14.3 Å². The zero-order valence-corrected chi connectivity index (χ0v) is 18.6. The fourth-order valence-electron chi connectivity index (χ4n) is 8.24. The summed E-state index contributed by atoms with van der Waals surface area (Å²) in [6.45, 7) is 6.98. The molecule has 0 aromatic heterocycles. The van der Waals surface area contributed by atoms with Crippen molar-refractivity contribution in [3.63, 3.8) is 0 Å². The first kappa shape index (κ1) is 21.1. The van der Waals surface area contributed by atoms with E-state index in [4.69, 9.17) is 4.74 Å². The fourth-order valence-corrected chi connectivity index (χ4v) is 8.24. The van der Waals surface area contributed by atoms with Gasteiger partial charge in [0.25, 0.3) is 0 Å². The lowest BCUT2D eigenvalue weighted by Gasteiger charge is -2.60. The van der Waals surface area contributed by atoms with Gasteiger partial charge >= 0.3 is 5.97 Å². The predicted molar refractivity (Wildman–Crippen MR) is 112 cm³/mol. The summed E-state index contributed by atoms with van der Waals surface area (Å²) in [5.74, 6) is 2.52. The van der Waals surface area contributed by atoms with E-state index >= 15 is 0 Å². The highest BCUT2D eigenvalue weighted by Gasteiger charge is 2.62. The van der Waals surface area contributed by atoms with Crippen LogP contribution in [-0.4, -0.2) is 30.1 Å². The molecule has 4 rings (SSSR count). The Morgan fingerprint density at radius 3 is 2.55 bits per heavy atom. The number of carbonyl (C=O) groups excluding carboxylic acids is 2. The molecule has 4 fully saturated rings. The summed E-state index contributed by atoms with van der Waals surface area (Å²) in [5.41, 5.74) is 1.63. The molecule has 1 N–H and O–H groups in total. The van der Waals surface area contributed by atoms with E-state index in [0.29, 0.717) is 42.3 Å². The molecule has 0 amide bonds. The lowest BCUT2D eigenvalue weighted by atomic mass is 9.44. The maximum absolute atomic E-state index is 13.2. The van der Waals surface area contributed by atoms with E-state index in [1.165, 1.54) is 38.4 Å². The lowest BCUT2D eigenvalue weighted by molar-refractivity contribution is -0.158. The van der Waals surface area contributed by atoms with Gasteiger partial charge in [-0.05, 0) is 86.4 Å². The molecule has 0 aromatic carbocycles. The minimum absolute atomic E-state index is 0.0655. The Morgan fingerprint density at radius 1 is 1.14 bits per heavy atom. The van der Waals surface area contributed by atoms with Gasteiger partial charge in [0.05, 0.1) is 19.6 Å². The first-order valence-electron chi connectivity index (χ1n) is 11.6. The van der Waals surface area contributed by atoms with E-state index < -0.39 is 0 Å². The zero-order chi connectivity index (χ0) is 21.0. The van der Waals surface area contributed by atoms with Crippen molar-refractivity contribution in [3.05, 3.63) is 11.6 Å².